The van der Waals surface area contributed by atoms with Crippen LogP contribution in [-0.2, 0) is 11.5 Å². The highest BCUT2D eigenvalue weighted by atomic mass is 28.3. The van der Waals surface area contributed by atoms with Gasteiger partial charge in [0, 0.05) is 46.5 Å². The van der Waals surface area contributed by atoms with Gasteiger partial charge < -0.3 is 19.1 Å². The molecule has 2 heterocycles. The molecule has 0 radical (unpaired) electrons. The van der Waals surface area contributed by atoms with Crippen LogP contribution in [0.2, 0.25) is 25.7 Å². The third-order valence-corrected chi connectivity index (χ3v) is 7.03. The van der Waals surface area contributed by atoms with E-state index in [0.29, 0.717) is 6.73 Å². The molecule has 0 bridgehead atoms. The molecule has 3 rings (SSSR count). The Kier molecular flexibility index (Phi) is 6.05. The number of imidazole rings is 1. The van der Waals surface area contributed by atoms with Gasteiger partial charge in [-0.25, -0.2) is 4.98 Å². The first-order valence-electron chi connectivity index (χ1n) is 9.88. The van der Waals surface area contributed by atoms with E-state index < -0.39 is 8.07 Å². The van der Waals surface area contributed by atoms with Gasteiger partial charge in [0.05, 0.1) is 17.4 Å². The molecule has 1 aromatic heterocycles. The summed E-state index contributed by atoms with van der Waals surface area (Å²) in [6.07, 6.45) is 1.91. The summed E-state index contributed by atoms with van der Waals surface area (Å²) in [6, 6.07) is 5.73. The molecule has 6 heteroatoms. The number of benzene rings is 1. The lowest BCUT2D eigenvalue weighted by Gasteiger charge is -2.36. The highest BCUT2D eigenvalue weighted by Gasteiger charge is 2.18. The summed E-state index contributed by atoms with van der Waals surface area (Å²) in [5.74, 6) is 0. The molecule has 0 unspecified atom stereocenters. The quantitative estimate of drug-likeness (QED) is 0.545. The number of hydrogen-bond acceptors (Lipinski definition) is 4. The fourth-order valence-corrected chi connectivity index (χ4v) is 4.24. The van der Waals surface area contributed by atoms with Crippen molar-refractivity contribution in [2.45, 2.75) is 46.3 Å². The lowest BCUT2D eigenvalue weighted by molar-refractivity contribution is 0.0898. The second-order valence-corrected chi connectivity index (χ2v) is 14.2. The first kappa shape index (κ1) is 19.4. The van der Waals surface area contributed by atoms with Gasteiger partial charge >= 0.3 is 0 Å². The number of aromatic nitrogens is 2. The molecule has 0 atom stereocenters. The molecule has 0 saturated carbocycles. The summed E-state index contributed by atoms with van der Waals surface area (Å²) in [7, 11) is -1.04. The zero-order valence-electron chi connectivity index (χ0n) is 17.1. The summed E-state index contributed by atoms with van der Waals surface area (Å²) < 4.78 is 8.04. The van der Waals surface area contributed by atoms with Crippen LogP contribution in [0, 0.1) is 6.92 Å². The average molecular weight is 375 g/mol. The molecule has 2 aromatic rings. The fourth-order valence-electron chi connectivity index (χ4n) is 3.49. The van der Waals surface area contributed by atoms with E-state index in [9.17, 15) is 0 Å². The number of nitrogens with zero attached hydrogens (tertiary/aromatic N) is 4. The predicted molar refractivity (Wildman–Crippen MR) is 113 cm³/mol. The molecule has 1 fully saturated rings. The van der Waals surface area contributed by atoms with Crippen LogP contribution < -0.4 is 4.90 Å². The van der Waals surface area contributed by atoms with Crippen LogP contribution in [-0.4, -0.2) is 61.9 Å². The Labute approximate surface area is 159 Å². The molecule has 1 aliphatic rings. The number of ether oxygens (including phenoxy) is 1. The van der Waals surface area contributed by atoms with E-state index in [2.05, 4.69) is 65.0 Å². The lowest BCUT2D eigenvalue weighted by atomic mass is 10.1. The zero-order valence-corrected chi connectivity index (χ0v) is 18.1. The molecule has 1 saturated heterocycles. The second-order valence-electron chi connectivity index (χ2n) is 8.61. The minimum atomic E-state index is -1.04. The maximum atomic E-state index is 5.91. The van der Waals surface area contributed by atoms with Gasteiger partial charge in [0.25, 0.3) is 0 Å². The Morgan fingerprint density at radius 1 is 1.12 bits per heavy atom. The van der Waals surface area contributed by atoms with Crippen molar-refractivity contribution in [1.29, 1.82) is 0 Å². The van der Waals surface area contributed by atoms with Crippen molar-refractivity contribution < 1.29 is 4.74 Å². The Morgan fingerprint density at radius 2 is 1.85 bits per heavy atom. The van der Waals surface area contributed by atoms with Crippen molar-refractivity contribution in [2.75, 3.05) is 44.2 Å². The van der Waals surface area contributed by atoms with Crippen molar-refractivity contribution in [3.63, 3.8) is 0 Å². The normalized spacial score (nSPS) is 16.6. The number of hydrogen-bond donors (Lipinski definition) is 0. The smallest absolute Gasteiger partial charge is 0.124 e. The molecule has 26 heavy (non-hydrogen) atoms. The van der Waals surface area contributed by atoms with E-state index >= 15 is 0 Å². The predicted octanol–water partition coefficient (Wildman–Crippen LogP) is 3.80. The van der Waals surface area contributed by atoms with Gasteiger partial charge in [0.15, 0.2) is 0 Å². The summed E-state index contributed by atoms with van der Waals surface area (Å²) in [5, 5.41) is 0. The molecule has 0 spiro atoms. The van der Waals surface area contributed by atoms with Crippen LogP contribution in [0.15, 0.2) is 18.5 Å². The van der Waals surface area contributed by atoms with E-state index in [-0.39, 0.29) is 0 Å². The summed E-state index contributed by atoms with van der Waals surface area (Å²) in [6.45, 7) is 18.7. The van der Waals surface area contributed by atoms with Crippen molar-refractivity contribution in [2.24, 2.45) is 0 Å². The largest absolute Gasteiger partial charge is 0.369 e. The summed E-state index contributed by atoms with van der Waals surface area (Å²) in [5.41, 5.74) is 4.90. The van der Waals surface area contributed by atoms with Gasteiger partial charge in [0.2, 0.25) is 0 Å². The summed E-state index contributed by atoms with van der Waals surface area (Å²) >= 11 is 0. The second kappa shape index (κ2) is 8.11. The van der Waals surface area contributed by atoms with Crippen LogP contribution >= 0.6 is 0 Å². The minimum Gasteiger partial charge on any atom is -0.369 e. The molecule has 0 N–H and O–H groups in total. The third kappa shape index (κ3) is 4.67. The van der Waals surface area contributed by atoms with Gasteiger partial charge in [-0.15, -0.1) is 0 Å². The molecule has 1 aromatic carbocycles. The average Bonchev–Trinajstić information content (AvgIpc) is 2.99. The number of rotatable bonds is 7. The van der Waals surface area contributed by atoms with E-state index in [0.717, 1.165) is 44.8 Å². The first-order valence-corrected chi connectivity index (χ1v) is 13.6. The topological polar surface area (TPSA) is 33.5 Å². The minimum absolute atomic E-state index is 0.592. The van der Waals surface area contributed by atoms with E-state index in [1.807, 2.05) is 6.33 Å². The molecule has 5 nitrogen and oxygen atoms in total. The van der Waals surface area contributed by atoms with Crippen LogP contribution in [0.3, 0.4) is 0 Å². The van der Waals surface area contributed by atoms with Crippen LogP contribution in [0.1, 0.15) is 12.5 Å². The summed E-state index contributed by atoms with van der Waals surface area (Å²) in [4.78, 5) is 9.64. The van der Waals surface area contributed by atoms with Crippen molar-refractivity contribution in [3.8, 4) is 0 Å². The maximum absolute atomic E-state index is 5.91. The number of piperazine rings is 1. The van der Waals surface area contributed by atoms with Gasteiger partial charge in [-0.3, -0.25) is 0 Å². The highest BCUT2D eigenvalue weighted by Crippen LogP contribution is 2.27. The molecule has 0 amide bonds. The SMILES string of the molecule is CCN1CCN(c2cc3ncn(COCC[Si](C)(C)C)c3cc2C)CC1. The molecule has 1 aliphatic heterocycles. The van der Waals surface area contributed by atoms with E-state index in [1.165, 1.54) is 22.8 Å². The third-order valence-electron chi connectivity index (χ3n) is 5.33. The lowest BCUT2D eigenvalue weighted by Crippen LogP contribution is -2.46. The molecular weight excluding hydrogens is 340 g/mol. The van der Waals surface area contributed by atoms with Gasteiger partial charge in [-0.1, -0.05) is 26.6 Å². The van der Waals surface area contributed by atoms with E-state index in [1.54, 1.807) is 0 Å². The van der Waals surface area contributed by atoms with Crippen LogP contribution in [0.5, 0.6) is 0 Å². The Hall–Kier alpha value is -1.37. The standard InChI is InChI=1S/C20H34N4OSi/c1-6-22-7-9-23(10-8-22)19-14-18-20(13-17(19)2)24(15-21-18)16-25-11-12-26(3,4)5/h13-15H,6-12,16H2,1-5H3. The van der Waals surface area contributed by atoms with Crippen molar-refractivity contribution in [3.05, 3.63) is 24.0 Å². The number of aryl methyl sites for hydroxylation is 1. The molecule has 0 aliphatic carbocycles. The van der Waals surface area contributed by atoms with Gasteiger partial charge in [-0.05, 0) is 37.2 Å². The van der Waals surface area contributed by atoms with E-state index in [4.69, 9.17) is 4.74 Å². The van der Waals surface area contributed by atoms with Crippen LogP contribution in [0.25, 0.3) is 11.0 Å². The number of likely N-dealkylation sites (N-methyl/N-ethyl adjacent to an activating group) is 1. The Balaban J connectivity index is 1.68. The highest BCUT2D eigenvalue weighted by molar-refractivity contribution is 6.76. The van der Waals surface area contributed by atoms with Crippen LogP contribution in [0.4, 0.5) is 5.69 Å². The number of anilines is 1. The Morgan fingerprint density at radius 3 is 2.50 bits per heavy atom. The van der Waals surface area contributed by atoms with Gasteiger partial charge in [0.1, 0.15) is 6.73 Å². The molecule has 144 valence electrons. The first-order chi connectivity index (χ1) is 12.4. The zero-order chi connectivity index (χ0) is 18.7. The Bertz CT molecular complexity index is 729. The maximum Gasteiger partial charge on any atom is 0.124 e. The molecular formula is C20H34N4OSi. The monoisotopic (exact) mass is 374 g/mol. The van der Waals surface area contributed by atoms with Crippen molar-refractivity contribution in [1.82, 2.24) is 14.5 Å². The van der Waals surface area contributed by atoms with Gasteiger partial charge in [-0.2, -0.15) is 0 Å². The number of fused-ring (bicyclic) bond motifs is 1. The van der Waals surface area contributed by atoms with Crippen molar-refractivity contribution >= 4 is 24.8 Å². The fraction of sp³-hybridized carbons (Fsp3) is 0.650.